The van der Waals surface area contributed by atoms with Crippen molar-refractivity contribution in [2.45, 2.75) is 49.2 Å². The zero-order valence-electron chi connectivity index (χ0n) is 14.4. The standard InChI is InChI=1S/C18H26N2O3S2/c21-18(19-11-10-15-6-2-1-3-7-15)16-8-4-12-20(14-16)25(22,23)17-9-5-13-24-17/h5-6,9,13,16H,1-4,7-8,10-12,14H2,(H,19,21). The molecule has 1 atom stereocenters. The molecular formula is C18H26N2O3S2. The number of piperidine rings is 1. The molecule has 0 spiro atoms. The van der Waals surface area contributed by atoms with E-state index in [0.29, 0.717) is 17.3 Å². The minimum atomic E-state index is -3.46. The van der Waals surface area contributed by atoms with E-state index >= 15 is 0 Å². The van der Waals surface area contributed by atoms with Crippen molar-refractivity contribution >= 4 is 27.3 Å². The van der Waals surface area contributed by atoms with Gasteiger partial charge >= 0.3 is 0 Å². The highest BCUT2D eigenvalue weighted by molar-refractivity contribution is 7.91. The van der Waals surface area contributed by atoms with Gasteiger partial charge in [0.25, 0.3) is 10.0 Å². The Balaban J connectivity index is 1.52. The van der Waals surface area contributed by atoms with Crippen LogP contribution >= 0.6 is 11.3 Å². The SMILES string of the molecule is O=C(NCCC1=CCCCC1)C1CCCN(S(=O)(=O)c2cccs2)C1. The molecular weight excluding hydrogens is 356 g/mol. The Kier molecular flexibility index (Phi) is 6.30. The quantitative estimate of drug-likeness (QED) is 0.769. The number of amides is 1. The van der Waals surface area contributed by atoms with Gasteiger partial charge in [0.1, 0.15) is 4.21 Å². The predicted octanol–water partition coefficient (Wildman–Crippen LogP) is 3.16. The van der Waals surface area contributed by atoms with Crippen molar-refractivity contribution in [2.24, 2.45) is 5.92 Å². The molecule has 1 fully saturated rings. The first-order valence-corrected chi connectivity index (χ1v) is 11.4. The van der Waals surface area contributed by atoms with Crippen molar-refractivity contribution in [3.63, 3.8) is 0 Å². The predicted molar refractivity (Wildman–Crippen MR) is 100.0 cm³/mol. The van der Waals surface area contributed by atoms with Crippen LogP contribution in [0.2, 0.25) is 0 Å². The Morgan fingerprint density at radius 1 is 1.32 bits per heavy atom. The molecule has 138 valence electrons. The number of nitrogens with zero attached hydrogens (tertiary/aromatic N) is 1. The van der Waals surface area contributed by atoms with Gasteiger partial charge in [-0.15, -0.1) is 11.3 Å². The average molecular weight is 383 g/mol. The second-order valence-electron chi connectivity index (χ2n) is 6.78. The lowest BCUT2D eigenvalue weighted by Crippen LogP contribution is -2.45. The monoisotopic (exact) mass is 382 g/mol. The molecule has 1 unspecified atom stereocenters. The maximum absolute atomic E-state index is 12.6. The lowest BCUT2D eigenvalue weighted by atomic mass is 9.96. The second kappa shape index (κ2) is 8.47. The number of rotatable bonds is 6. The van der Waals surface area contributed by atoms with Crippen LogP contribution in [0.1, 0.15) is 44.9 Å². The van der Waals surface area contributed by atoms with E-state index < -0.39 is 10.0 Å². The van der Waals surface area contributed by atoms with E-state index in [-0.39, 0.29) is 18.4 Å². The fraction of sp³-hybridized carbons (Fsp3) is 0.611. The van der Waals surface area contributed by atoms with Crippen LogP contribution in [0.3, 0.4) is 0 Å². The van der Waals surface area contributed by atoms with E-state index in [2.05, 4.69) is 11.4 Å². The number of allylic oxidation sites excluding steroid dienone is 1. The molecule has 1 N–H and O–H groups in total. The lowest BCUT2D eigenvalue weighted by molar-refractivity contribution is -0.126. The maximum Gasteiger partial charge on any atom is 0.252 e. The van der Waals surface area contributed by atoms with E-state index in [1.165, 1.54) is 34.1 Å². The molecule has 0 radical (unpaired) electrons. The molecule has 1 aliphatic carbocycles. The van der Waals surface area contributed by atoms with Crippen LogP contribution in [0.25, 0.3) is 0 Å². The second-order valence-corrected chi connectivity index (χ2v) is 9.90. The Labute approximate surface area is 154 Å². The third-order valence-electron chi connectivity index (χ3n) is 4.97. The van der Waals surface area contributed by atoms with Crippen LogP contribution in [0.4, 0.5) is 0 Å². The summed E-state index contributed by atoms with van der Waals surface area (Å²) in [4.78, 5) is 12.4. The highest BCUT2D eigenvalue weighted by Gasteiger charge is 2.33. The summed E-state index contributed by atoms with van der Waals surface area (Å²) in [5, 5.41) is 4.77. The molecule has 7 heteroatoms. The van der Waals surface area contributed by atoms with E-state index in [0.717, 1.165) is 32.1 Å². The van der Waals surface area contributed by atoms with E-state index in [9.17, 15) is 13.2 Å². The van der Waals surface area contributed by atoms with Crippen molar-refractivity contribution in [1.29, 1.82) is 0 Å². The van der Waals surface area contributed by atoms with E-state index in [1.807, 2.05) is 0 Å². The maximum atomic E-state index is 12.6. The summed E-state index contributed by atoms with van der Waals surface area (Å²) >= 11 is 1.23. The number of hydrogen-bond donors (Lipinski definition) is 1. The zero-order chi connectivity index (χ0) is 17.7. The third-order valence-corrected chi connectivity index (χ3v) is 8.21. The summed E-state index contributed by atoms with van der Waals surface area (Å²) < 4.78 is 27.1. The molecule has 1 aromatic rings. The Morgan fingerprint density at radius 2 is 2.20 bits per heavy atom. The van der Waals surface area contributed by atoms with Gasteiger partial charge in [0.2, 0.25) is 5.91 Å². The van der Waals surface area contributed by atoms with Gasteiger partial charge in [0, 0.05) is 19.6 Å². The molecule has 0 bridgehead atoms. The first kappa shape index (κ1) is 18.6. The highest BCUT2D eigenvalue weighted by atomic mass is 32.2. The number of nitrogens with one attached hydrogen (secondary N) is 1. The normalized spacial score (nSPS) is 22.4. The topological polar surface area (TPSA) is 66.5 Å². The lowest BCUT2D eigenvalue weighted by Gasteiger charge is -2.30. The summed E-state index contributed by atoms with van der Waals surface area (Å²) in [5.41, 5.74) is 1.44. The number of carbonyl (C=O) groups is 1. The molecule has 1 saturated heterocycles. The van der Waals surface area contributed by atoms with Crippen LogP contribution in [0.5, 0.6) is 0 Å². The van der Waals surface area contributed by atoms with E-state index in [1.54, 1.807) is 17.5 Å². The first-order chi connectivity index (χ1) is 12.1. The van der Waals surface area contributed by atoms with Crippen molar-refractivity contribution in [3.05, 3.63) is 29.2 Å². The Bertz CT molecular complexity index is 711. The molecule has 1 aliphatic heterocycles. The van der Waals surface area contributed by atoms with Gasteiger partial charge in [-0.3, -0.25) is 4.79 Å². The van der Waals surface area contributed by atoms with E-state index in [4.69, 9.17) is 0 Å². The van der Waals surface area contributed by atoms with Crippen molar-refractivity contribution in [3.8, 4) is 0 Å². The third kappa shape index (κ3) is 4.71. The van der Waals surface area contributed by atoms with Gasteiger partial charge in [-0.2, -0.15) is 4.31 Å². The molecule has 2 aliphatic rings. The Hall–Kier alpha value is -1.18. The van der Waals surface area contributed by atoms with Gasteiger partial charge in [0.15, 0.2) is 0 Å². The zero-order valence-corrected chi connectivity index (χ0v) is 16.1. The summed E-state index contributed by atoms with van der Waals surface area (Å²) in [6.45, 7) is 1.44. The van der Waals surface area contributed by atoms with Crippen LogP contribution < -0.4 is 5.32 Å². The van der Waals surface area contributed by atoms with Crippen molar-refractivity contribution in [2.75, 3.05) is 19.6 Å². The van der Waals surface area contributed by atoms with Crippen LogP contribution in [0, 0.1) is 5.92 Å². The first-order valence-electron chi connectivity index (χ1n) is 9.06. The van der Waals surface area contributed by atoms with Crippen molar-refractivity contribution in [1.82, 2.24) is 9.62 Å². The van der Waals surface area contributed by atoms with Crippen LogP contribution in [-0.2, 0) is 14.8 Å². The molecule has 0 saturated carbocycles. The summed E-state index contributed by atoms with van der Waals surface area (Å²) in [7, 11) is -3.46. The van der Waals surface area contributed by atoms with Gasteiger partial charge < -0.3 is 5.32 Å². The molecule has 25 heavy (non-hydrogen) atoms. The molecule has 5 nitrogen and oxygen atoms in total. The van der Waals surface area contributed by atoms with Crippen LogP contribution in [0.15, 0.2) is 33.4 Å². The summed E-state index contributed by atoms with van der Waals surface area (Å²) in [5.74, 6) is -0.258. The smallest absolute Gasteiger partial charge is 0.252 e. The number of thiophene rings is 1. The fourth-order valence-corrected chi connectivity index (χ4v) is 6.20. The summed E-state index contributed by atoms with van der Waals surface area (Å²) in [6, 6.07) is 3.37. The minimum Gasteiger partial charge on any atom is -0.356 e. The average Bonchev–Trinajstić information content (AvgIpc) is 3.18. The minimum absolute atomic E-state index is 0.0116. The largest absolute Gasteiger partial charge is 0.356 e. The highest BCUT2D eigenvalue weighted by Crippen LogP contribution is 2.26. The van der Waals surface area contributed by atoms with Gasteiger partial charge in [-0.25, -0.2) is 8.42 Å². The Morgan fingerprint density at radius 3 is 2.92 bits per heavy atom. The van der Waals surface area contributed by atoms with Crippen LogP contribution in [-0.4, -0.2) is 38.3 Å². The van der Waals surface area contributed by atoms with Gasteiger partial charge in [0.05, 0.1) is 5.92 Å². The number of hydrogen-bond acceptors (Lipinski definition) is 4. The summed E-state index contributed by atoms with van der Waals surface area (Å²) in [6.07, 6.45) is 9.51. The molecule has 0 aromatic carbocycles. The van der Waals surface area contributed by atoms with Gasteiger partial charge in [-0.1, -0.05) is 17.7 Å². The molecule has 3 rings (SSSR count). The number of sulfonamides is 1. The molecule has 2 heterocycles. The van der Waals surface area contributed by atoms with Crippen molar-refractivity contribution < 1.29 is 13.2 Å². The van der Waals surface area contributed by atoms with Gasteiger partial charge in [-0.05, 0) is 56.4 Å². The molecule has 1 aromatic heterocycles. The molecule has 1 amide bonds. The fourth-order valence-electron chi connectivity index (χ4n) is 3.53. The number of carbonyl (C=O) groups excluding carboxylic acids is 1.